The Bertz CT molecular complexity index is 719. The lowest BCUT2D eigenvalue weighted by Gasteiger charge is -2.19. The number of nitrogens with one attached hydrogen (secondary N) is 1. The molecular weight excluding hydrogens is 298 g/mol. The number of carbonyl (C=O) groups is 1. The second-order valence-electron chi connectivity index (χ2n) is 4.90. The maximum Gasteiger partial charge on any atom is 0.342 e. The van der Waals surface area contributed by atoms with Crippen molar-refractivity contribution in [1.82, 2.24) is 0 Å². The molecule has 0 amide bonds. The summed E-state index contributed by atoms with van der Waals surface area (Å²) < 4.78 is 21.4. The van der Waals surface area contributed by atoms with Gasteiger partial charge in [0, 0.05) is 5.56 Å². The number of fused-ring (bicyclic) bond motifs is 1. The number of para-hydroxylation sites is 2. The molecule has 1 N–H and O–H groups in total. The van der Waals surface area contributed by atoms with Crippen LogP contribution in [-0.4, -0.2) is 27.3 Å². The summed E-state index contributed by atoms with van der Waals surface area (Å²) in [5.74, 6) is 0.977. The van der Waals surface area contributed by atoms with Gasteiger partial charge in [-0.1, -0.05) is 12.1 Å². The van der Waals surface area contributed by atoms with Gasteiger partial charge in [-0.05, 0) is 24.3 Å². The molecule has 6 nitrogen and oxygen atoms in total. The van der Waals surface area contributed by atoms with Crippen LogP contribution in [0.2, 0.25) is 0 Å². The predicted molar refractivity (Wildman–Crippen MR) is 84.3 cm³/mol. The summed E-state index contributed by atoms with van der Waals surface area (Å²) in [5.41, 5.74) is 1.76. The number of esters is 1. The Kier molecular flexibility index (Phi) is 3.97. The first-order valence-electron chi connectivity index (χ1n) is 7.05. The zero-order valence-corrected chi connectivity index (χ0v) is 13.1. The van der Waals surface area contributed by atoms with Crippen LogP contribution in [0.1, 0.15) is 22.1 Å². The third-order valence-electron chi connectivity index (χ3n) is 3.67. The molecule has 0 bridgehead atoms. The van der Waals surface area contributed by atoms with Gasteiger partial charge < -0.3 is 24.3 Å². The van der Waals surface area contributed by atoms with E-state index >= 15 is 0 Å². The van der Waals surface area contributed by atoms with Crippen LogP contribution in [0.4, 0.5) is 5.69 Å². The van der Waals surface area contributed by atoms with Gasteiger partial charge in [0.1, 0.15) is 11.3 Å². The molecule has 0 saturated carbocycles. The van der Waals surface area contributed by atoms with Crippen LogP contribution in [-0.2, 0) is 4.74 Å². The standard InChI is InChI=1S/C17H17NO5/c1-20-13-9-8-10(14(15(13)21-2)17(19)22-3)16-18-11-6-4-5-7-12(11)23-16/h4-9,16,18H,1-3H3/t16-/m0/s1. The maximum absolute atomic E-state index is 12.3. The van der Waals surface area contributed by atoms with Crippen molar-refractivity contribution in [2.45, 2.75) is 6.23 Å². The Balaban J connectivity index is 2.08. The summed E-state index contributed by atoms with van der Waals surface area (Å²) in [6.45, 7) is 0. The second kappa shape index (κ2) is 6.08. The zero-order chi connectivity index (χ0) is 16.4. The number of rotatable bonds is 4. The number of ether oxygens (including phenoxy) is 4. The van der Waals surface area contributed by atoms with Crippen LogP contribution in [0, 0.1) is 0 Å². The molecule has 1 aliphatic heterocycles. The van der Waals surface area contributed by atoms with Crippen LogP contribution >= 0.6 is 0 Å². The molecule has 6 heteroatoms. The first kappa shape index (κ1) is 15.0. The summed E-state index contributed by atoms with van der Waals surface area (Å²) >= 11 is 0. The van der Waals surface area contributed by atoms with E-state index in [1.54, 1.807) is 12.1 Å². The summed E-state index contributed by atoms with van der Waals surface area (Å²) in [5, 5.41) is 3.23. The molecule has 0 fully saturated rings. The second-order valence-corrected chi connectivity index (χ2v) is 4.90. The van der Waals surface area contributed by atoms with Gasteiger partial charge in [-0.2, -0.15) is 0 Å². The van der Waals surface area contributed by atoms with E-state index in [0.717, 1.165) is 11.4 Å². The quantitative estimate of drug-likeness (QED) is 0.875. The fraction of sp³-hybridized carbons (Fsp3) is 0.235. The number of benzene rings is 2. The van der Waals surface area contributed by atoms with Gasteiger partial charge in [-0.15, -0.1) is 0 Å². The van der Waals surface area contributed by atoms with Crippen LogP contribution < -0.4 is 19.5 Å². The average molecular weight is 315 g/mol. The molecule has 120 valence electrons. The molecule has 0 unspecified atom stereocenters. The smallest absolute Gasteiger partial charge is 0.342 e. The van der Waals surface area contributed by atoms with Crippen LogP contribution in [0.15, 0.2) is 36.4 Å². The van der Waals surface area contributed by atoms with E-state index in [0.29, 0.717) is 17.1 Å². The number of anilines is 1. The number of methoxy groups -OCH3 is 3. The van der Waals surface area contributed by atoms with Crippen molar-refractivity contribution in [3.8, 4) is 17.2 Å². The van der Waals surface area contributed by atoms with Crippen molar-refractivity contribution in [1.29, 1.82) is 0 Å². The van der Waals surface area contributed by atoms with E-state index in [-0.39, 0.29) is 5.56 Å². The molecule has 0 aliphatic carbocycles. The lowest BCUT2D eigenvalue weighted by molar-refractivity contribution is 0.0592. The molecule has 0 aromatic heterocycles. The highest BCUT2D eigenvalue weighted by Gasteiger charge is 2.31. The monoisotopic (exact) mass is 315 g/mol. The summed E-state index contributed by atoms with van der Waals surface area (Å²) in [6.07, 6.45) is -0.513. The first-order chi connectivity index (χ1) is 11.2. The van der Waals surface area contributed by atoms with Crippen molar-refractivity contribution in [2.24, 2.45) is 0 Å². The van der Waals surface area contributed by atoms with Crippen molar-refractivity contribution < 1.29 is 23.7 Å². The van der Waals surface area contributed by atoms with Gasteiger partial charge in [0.25, 0.3) is 0 Å². The fourth-order valence-corrected chi connectivity index (χ4v) is 2.60. The summed E-state index contributed by atoms with van der Waals surface area (Å²) in [4.78, 5) is 12.3. The molecule has 1 heterocycles. The Labute approximate surface area is 133 Å². The molecule has 3 rings (SSSR count). The van der Waals surface area contributed by atoms with Crippen LogP contribution in [0.5, 0.6) is 17.2 Å². The highest BCUT2D eigenvalue weighted by molar-refractivity contribution is 5.95. The molecule has 2 aromatic rings. The number of carbonyl (C=O) groups excluding carboxylic acids is 1. The zero-order valence-electron chi connectivity index (χ0n) is 13.1. The number of hydrogen-bond acceptors (Lipinski definition) is 6. The van der Waals surface area contributed by atoms with E-state index in [2.05, 4.69) is 5.32 Å². The van der Waals surface area contributed by atoms with Crippen LogP contribution in [0.25, 0.3) is 0 Å². The van der Waals surface area contributed by atoms with E-state index in [9.17, 15) is 4.79 Å². The van der Waals surface area contributed by atoms with Crippen molar-refractivity contribution in [2.75, 3.05) is 26.6 Å². The molecule has 0 radical (unpaired) electrons. The van der Waals surface area contributed by atoms with Crippen molar-refractivity contribution in [3.05, 3.63) is 47.5 Å². The molecule has 0 spiro atoms. The molecule has 23 heavy (non-hydrogen) atoms. The highest BCUT2D eigenvalue weighted by Crippen LogP contribution is 2.42. The van der Waals surface area contributed by atoms with Gasteiger partial charge in [-0.3, -0.25) is 0 Å². The molecule has 0 saturated heterocycles. The Hall–Kier alpha value is -2.89. The Morgan fingerprint density at radius 2 is 1.87 bits per heavy atom. The molecule has 2 aromatic carbocycles. The molecule has 1 atom stereocenters. The van der Waals surface area contributed by atoms with E-state index < -0.39 is 12.2 Å². The van der Waals surface area contributed by atoms with E-state index in [1.165, 1.54) is 21.3 Å². The predicted octanol–water partition coefficient (Wildman–Crippen LogP) is 2.99. The summed E-state index contributed by atoms with van der Waals surface area (Å²) in [6, 6.07) is 11.1. The Morgan fingerprint density at radius 1 is 1.09 bits per heavy atom. The van der Waals surface area contributed by atoms with E-state index in [1.807, 2.05) is 24.3 Å². The van der Waals surface area contributed by atoms with Gasteiger partial charge in [0.15, 0.2) is 17.7 Å². The van der Waals surface area contributed by atoms with E-state index in [4.69, 9.17) is 18.9 Å². The fourth-order valence-electron chi connectivity index (χ4n) is 2.60. The highest BCUT2D eigenvalue weighted by atomic mass is 16.5. The van der Waals surface area contributed by atoms with Gasteiger partial charge in [0.05, 0.1) is 27.0 Å². The molecular formula is C17H17NO5. The first-order valence-corrected chi connectivity index (χ1v) is 7.05. The third kappa shape index (κ3) is 2.52. The van der Waals surface area contributed by atoms with Crippen molar-refractivity contribution in [3.63, 3.8) is 0 Å². The van der Waals surface area contributed by atoms with Crippen LogP contribution in [0.3, 0.4) is 0 Å². The maximum atomic E-state index is 12.3. The minimum Gasteiger partial charge on any atom is -0.493 e. The lowest BCUT2D eigenvalue weighted by Crippen LogP contribution is -2.17. The van der Waals surface area contributed by atoms with Gasteiger partial charge in [0.2, 0.25) is 0 Å². The normalized spacial score (nSPS) is 15.2. The Morgan fingerprint density at radius 3 is 2.52 bits per heavy atom. The SMILES string of the molecule is COC(=O)c1c([C@H]2Nc3ccccc3O2)ccc(OC)c1OC. The largest absolute Gasteiger partial charge is 0.493 e. The summed E-state index contributed by atoms with van der Waals surface area (Å²) in [7, 11) is 4.31. The van der Waals surface area contributed by atoms with Gasteiger partial charge in [-0.25, -0.2) is 4.79 Å². The van der Waals surface area contributed by atoms with Crippen molar-refractivity contribution >= 4 is 11.7 Å². The van der Waals surface area contributed by atoms with Gasteiger partial charge >= 0.3 is 5.97 Å². The minimum absolute atomic E-state index is 0.277. The third-order valence-corrected chi connectivity index (χ3v) is 3.67. The number of hydrogen-bond donors (Lipinski definition) is 1. The average Bonchev–Trinajstić information content (AvgIpc) is 3.03. The lowest BCUT2D eigenvalue weighted by atomic mass is 10.0. The molecule has 1 aliphatic rings. The minimum atomic E-state index is -0.517. The topological polar surface area (TPSA) is 66.0 Å².